The third-order valence-corrected chi connectivity index (χ3v) is 2.88. The van der Waals surface area contributed by atoms with Gasteiger partial charge < -0.3 is 10.8 Å². The van der Waals surface area contributed by atoms with Crippen molar-refractivity contribution in [2.24, 2.45) is 5.73 Å². The van der Waals surface area contributed by atoms with Crippen LogP contribution in [-0.2, 0) is 10.4 Å². The number of rotatable bonds is 3. The zero-order chi connectivity index (χ0) is 14.0. The smallest absolute Gasteiger partial charge is 0.258 e. The molecule has 1 amide bonds. The molecule has 5 heteroatoms. The second-order valence-electron chi connectivity index (χ2n) is 4.09. The third-order valence-electron chi connectivity index (χ3n) is 2.88. The standard InChI is InChI=1S/C14H11F2NO2/c15-11-5-1-9(2-6-11)14(19,13(17)18)10-3-7-12(16)8-4-10/h1-8,19H,(H2,17,18). The second kappa shape index (κ2) is 4.78. The summed E-state index contributed by atoms with van der Waals surface area (Å²) in [6.07, 6.45) is 0. The molecule has 0 atom stereocenters. The Morgan fingerprint density at radius 3 is 1.47 bits per heavy atom. The highest BCUT2D eigenvalue weighted by Crippen LogP contribution is 2.29. The first-order chi connectivity index (χ1) is 8.94. The predicted molar refractivity (Wildman–Crippen MR) is 65.0 cm³/mol. The summed E-state index contributed by atoms with van der Waals surface area (Å²) < 4.78 is 25.8. The molecule has 0 heterocycles. The van der Waals surface area contributed by atoms with Crippen molar-refractivity contribution in [1.29, 1.82) is 0 Å². The lowest BCUT2D eigenvalue weighted by Gasteiger charge is -2.25. The average Bonchev–Trinajstić information content (AvgIpc) is 2.39. The van der Waals surface area contributed by atoms with Gasteiger partial charge in [0.1, 0.15) is 11.6 Å². The van der Waals surface area contributed by atoms with Gasteiger partial charge in [-0.05, 0) is 35.4 Å². The van der Waals surface area contributed by atoms with E-state index in [0.29, 0.717) is 0 Å². The van der Waals surface area contributed by atoms with E-state index in [0.717, 1.165) is 24.3 Å². The van der Waals surface area contributed by atoms with Gasteiger partial charge in [-0.1, -0.05) is 24.3 Å². The van der Waals surface area contributed by atoms with Crippen LogP contribution in [0.1, 0.15) is 11.1 Å². The molecule has 0 saturated heterocycles. The highest BCUT2D eigenvalue weighted by atomic mass is 19.1. The Morgan fingerprint density at radius 1 is 0.895 bits per heavy atom. The lowest BCUT2D eigenvalue weighted by molar-refractivity contribution is -0.133. The van der Waals surface area contributed by atoms with Crippen LogP contribution < -0.4 is 5.73 Å². The van der Waals surface area contributed by atoms with Crippen LogP contribution in [0.15, 0.2) is 48.5 Å². The first kappa shape index (κ1) is 13.2. The Hall–Kier alpha value is -2.27. The van der Waals surface area contributed by atoms with Crippen molar-refractivity contribution >= 4 is 5.91 Å². The number of nitrogens with two attached hydrogens (primary N) is 1. The molecule has 0 unspecified atom stereocenters. The number of amides is 1. The lowest BCUT2D eigenvalue weighted by atomic mass is 9.86. The summed E-state index contributed by atoms with van der Waals surface area (Å²) in [5.74, 6) is -2.03. The monoisotopic (exact) mass is 263 g/mol. The molecule has 98 valence electrons. The van der Waals surface area contributed by atoms with E-state index in [2.05, 4.69) is 0 Å². The van der Waals surface area contributed by atoms with Gasteiger partial charge in [0.05, 0.1) is 0 Å². The number of halogens is 2. The SMILES string of the molecule is NC(=O)C(O)(c1ccc(F)cc1)c1ccc(F)cc1. The molecular weight excluding hydrogens is 252 g/mol. The van der Waals surface area contributed by atoms with Crippen molar-refractivity contribution in [2.75, 3.05) is 0 Å². The summed E-state index contributed by atoms with van der Waals surface area (Å²) >= 11 is 0. The van der Waals surface area contributed by atoms with Gasteiger partial charge in [-0.2, -0.15) is 0 Å². The van der Waals surface area contributed by atoms with Gasteiger partial charge in [-0.3, -0.25) is 4.79 Å². The quantitative estimate of drug-likeness (QED) is 0.885. The van der Waals surface area contributed by atoms with E-state index < -0.39 is 23.1 Å². The number of primary amides is 1. The maximum absolute atomic E-state index is 12.9. The van der Waals surface area contributed by atoms with Crippen molar-refractivity contribution in [3.8, 4) is 0 Å². The van der Waals surface area contributed by atoms with Crippen molar-refractivity contribution in [1.82, 2.24) is 0 Å². The minimum absolute atomic E-state index is 0.119. The number of hydrogen-bond acceptors (Lipinski definition) is 2. The van der Waals surface area contributed by atoms with Crippen molar-refractivity contribution in [2.45, 2.75) is 5.60 Å². The van der Waals surface area contributed by atoms with E-state index in [4.69, 9.17) is 5.73 Å². The van der Waals surface area contributed by atoms with Crippen molar-refractivity contribution in [3.63, 3.8) is 0 Å². The van der Waals surface area contributed by atoms with Gasteiger partial charge in [0.2, 0.25) is 0 Å². The largest absolute Gasteiger partial charge is 0.372 e. The van der Waals surface area contributed by atoms with Crippen LogP contribution in [0.2, 0.25) is 0 Å². The topological polar surface area (TPSA) is 63.3 Å². The molecular formula is C14H11F2NO2. The van der Waals surface area contributed by atoms with Crippen LogP contribution in [0.4, 0.5) is 8.78 Å². The molecule has 0 aliphatic carbocycles. The molecule has 0 radical (unpaired) electrons. The molecule has 0 bridgehead atoms. The summed E-state index contributed by atoms with van der Waals surface area (Å²) in [7, 11) is 0. The fourth-order valence-corrected chi connectivity index (χ4v) is 1.83. The van der Waals surface area contributed by atoms with E-state index in [1.165, 1.54) is 24.3 Å². The molecule has 19 heavy (non-hydrogen) atoms. The van der Waals surface area contributed by atoms with E-state index >= 15 is 0 Å². The van der Waals surface area contributed by atoms with Crippen LogP contribution in [0, 0.1) is 11.6 Å². The van der Waals surface area contributed by atoms with Gasteiger partial charge in [-0.25, -0.2) is 8.78 Å². The Balaban J connectivity index is 2.57. The highest BCUT2D eigenvalue weighted by Gasteiger charge is 2.38. The average molecular weight is 263 g/mol. The van der Waals surface area contributed by atoms with Crippen LogP contribution >= 0.6 is 0 Å². The van der Waals surface area contributed by atoms with Crippen LogP contribution in [-0.4, -0.2) is 11.0 Å². The van der Waals surface area contributed by atoms with Crippen LogP contribution in [0.3, 0.4) is 0 Å². The summed E-state index contributed by atoms with van der Waals surface area (Å²) in [6.45, 7) is 0. The zero-order valence-corrected chi connectivity index (χ0v) is 9.81. The summed E-state index contributed by atoms with van der Waals surface area (Å²) in [5, 5.41) is 10.5. The molecule has 0 spiro atoms. The Labute approximate surface area is 108 Å². The fourth-order valence-electron chi connectivity index (χ4n) is 1.83. The van der Waals surface area contributed by atoms with E-state index in [9.17, 15) is 18.7 Å². The maximum atomic E-state index is 12.9. The molecule has 2 rings (SSSR count). The molecule has 0 fully saturated rings. The van der Waals surface area contributed by atoms with Gasteiger partial charge in [-0.15, -0.1) is 0 Å². The Morgan fingerprint density at radius 2 is 1.21 bits per heavy atom. The molecule has 2 aromatic carbocycles. The first-order valence-corrected chi connectivity index (χ1v) is 5.49. The highest BCUT2D eigenvalue weighted by molar-refractivity contribution is 5.88. The van der Waals surface area contributed by atoms with E-state index in [1.54, 1.807) is 0 Å². The first-order valence-electron chi connectivity index (χ1n) is 5.49. The van der Waals surface area contributed by atoms with Crippen LogP contribution in [0.5, 0.6) is 0 Å². The van der Waals surface area contributed by atoms with Gasteiger partial charge in [0.15, 0.2) is 5.60 Å². The van der Waals surface area contributed by atoms with E-state index in [1.807, 2.05) is 0 Å². The van der Waals surface area contributed by atoms with Crippen molar-refractivity contribution in [3.05, 3.63) is 71.3 Å². The lowest BCUT2D eigenvalue weighted by Crippen LogP contribution is -2.42. The molecule has 3 nitrogen and oxygen atoms in total. The minimum atomic E-state index is -2.12. The number of benzene rings is 2. The minimum Gasteiger partial charge on any atom is -0.372 e. The summed E-state index contributed by atoms with van der Waals surface area (Å²) in [5.41, 5.74) is 3.35. The number of carbonyl (C=O) groups excluding carboxylic acids is 1. The van der Waals surface area contributed by atoms with E-state index in [-0.39, 0.29) is 11.1 Å². The molecule has 0 aliphatic heterocycles. The summed E-state index contributed by atoms with van der Waals surface area (Å²) in [6, 6.07) is 9.43. The predicted octanol–water partition coefficient (Wildman–Crippen LogP) is 1.69. The molecule has 0 saturated carbocycles. The van der Waals surface area contributed by atoms with Gasteiger partial charge in [0.25, 0.3) is 5.91 Å². The van der Waals surface area contributed by atoms with Crippen LogP contribution in [0.25, 0.3) is 0 Å². The van der Waals surface area contributed by atoms with Gasteiger partial charge in [0, 0.05) is 0 Å². The zero-order valence-electron chi connectivity index (χ0n) is 9.81. The van der Waals surface area contributed by atoms with Crippen molar-refractivity contribution < 1.29 is 18.7 Å². The molecule has 0 aromatic heterocycles. The fraction of sp³-hybridized carbons (Fsp3) is 0.0714. The number of carbonyl (C=O) groups is 1. The number of aliphatic hydroxyl groups is 1. The molecule has 2 aromatic rings. The molecule has 0 aliphatic rings. The Bertz CT molecular complexity index is 548. The summed E-state index contributed by atoms with van der Waals surface area (Å²) in [4.78, 5) is 11.6. The molecule has 3 N–H and O–H groups in total. The van der Waals surface area contributed by atoms with Gasteiger partial charge >= 0.3 is 0 Å². The number of hydrogen-bond donors (Lipinski definition) is 2. The Kier molecular flexibility index (Phi) is 3.31. The third kappa shape index (κ3) is 2.32. The normalized spacial score (nSPS) is 11.3. The second-order valence-corrected chi connectivity index (χ2v) is 4.09. The maximum Gasteiger partial charge on any atom is 0.258 e.